The van der Waals surface area contributed by atoms with Gasteiger partial charge in [-0.25, -0.2) is 12.8 Å². The van der Waals surface area contributed by atoms with Gasteiger partial charge < -0.3 is 0 Å². The van der Waals surface area contributed by atoms with E-state index >= 15 is 0 Å². The molecule has 3 aromatic rings. The lowest BCUT2D eigenvalue weighted by Crippen LogP contribution is -2.14. The van der Waals surface area contributed by atoms with E-state index < -0.39 is 15.8 Å². The number of nitrogens with zero attached hydrogens (tertiary/aromatic N) is 2. The molecule has 1 N–H and O–H groups in total. The Morgan fingerprint density at radius 2 is 1.62 bits per heavy atom. The molecule has 0 radical (unpaired) electrons. The highest BCUT2D eigenvalue weighted by Crippen LogP contribution is 2.24. The molecule has 0 spiro atoms. The van der Waals surface area contributed by atoms with Crippen LogP contribution in [0.25, 0.3) is 0 Å². The van der Waals surface area contributed by atoms with Crippen LogP contribution in [0, 0.1) is 26.6 Å². The molecule has 0 amide bonds. The number of aryl methyl sites for hydroxylation is 2. The molecule has 136 valence electrons. The van der Waals surface area contributed by atoms with Crippen molar-refractivity contribution in [2.24, 2.45) is 0 Å². The van der Waals surface area contributed by atoms with Gasteiger partial charge in [-0.15, -0.1) is 0 Å². The molecule has 0 unspecified atom stereocenters. The summed E-state index contributed by atoms with van der Waals surface area (Å²) in [6, 6.07) is 12.8. The maximum absolute atomic E-state index is 13.0. The predicted molar refractivity (Wildman–Crippen MR) is 99.2 cm³/mol. The number of halogens is 1. The van der Waals surface area contributed by atoms with Crippen LogP contribution in [0.3, 0.4) is 0 Å². The summed E-state index contributed by atoms with van der Waals surface area (Å²) in [5.74, 6) is -0.484. The number of rotatable bonds is 5. The van der Waals surface area contributed by atoms with Crippen LogP contribution >= 0.6 is 0 Å². The Morgan fingerprint density at radius 1 is 1.00 bits per heavy atom. The number of hydrogen-bond acceptors (Lipinski definition) is 3. The topological polar surface area (TPSA) is 64.0 Å². The first-order valence-electron chi connectivity index (χ1n) is 8.14. The van der Waals surface area contributed by atoms with Crippen molar-refractivity contribution in [3.8, 4) is 0 Å². The Bertz CT molecular complexity index is 1020. The van der Waals surface area contributed by atoms with Gasteiger partial charge in [-0.1, -0.05) is 29.8 Å². The molecule has 0 saturated heterocycles. The standard InChI is InChI=1S/C19H20FN3O2S/c1-13-4-6-16(7-5-13)12-23-15(3)19(14(2)21-23)22-26(24,25)18-10-8-17(20)9-11-18/h4-11,22H,12H2,1-3H3. The van der Waals surface area contributed by atoms with Gasteiger partial charge >= 0.3 is 0 Å². The van der Waals surface area contributed by atoms with E-state index in [1.165, 1.54) is 17.7 Å². The molecule has 2 aromatic carbocycles. The van der Waals surface area contributed by atoms with Gasteiger partial charge in [0.05, 0.1) is 28.5 Å². The molecular formula is C19H20FN3O2S. The van der Waals surface area contributed by atoms with Crippen LogP contribution in [0.2, 0.25) is 0 Å². The molecule has 1 aromatic heterocycles. The van der Waals surface area contributed by atoms with Gasteiger partial charge in [-0.2, -0.15) is 5.10 Å². The van der Waals surface area contributed by atoms with Crippen LogP contribution in [0.5, 0.6) is 0 Å². The number of benzene rings is 2. The number of anilines is 1. The Kier molecular flexibility index (Phi) is 4.82. The zero-order valence-electron chi connectivity index (χ0n) is 14.8. The molecule has 0 aliphatic carbocycles. The molecule has 5 nitrogen and oxygen atoms in total. The zero-order valence-corrected chi connectivity index (χ0v) is 15.6. The highest BCUT2D eigenvalue weighted by molar-refractivity contribution is 7.92. The van der Waals surface area contributed by atoms with Gasteiger partial charge in [0, 0.05) is 0 Å². The van der Waals surface area contributed by atoms with E-state index in [2.05, 4.69) is 9.82 Å². The van der Waals surface area contributed by atoms with Crippen LogP contribution < -0.4 is 4.72 Å². The molecule has 0 fully saturated rings. The van der Waals surface area contributed by atoms with E-state index in [1.807, 2.05) is 38.1 Å². The van der Waals surface area contributed by atoms with Crippen molar-refractivity contribution in [1.29, 1.82) is 0 Å². The fourth-order valence-electron chi connectivity index (χ4n) is 2.67. The SMILES string of the molecule is Cc1ccc(Cn2nc(C)c(NS(=O)(=O)c3ccc(F)cc3)c2C)cc1. The van der Waals surface area contributed by atoms with Crippen molar-refractivity contribution in [3.05, 3.63) is 76.9 Å². The molecule has 7 heteroatoms. The van der Waals surface area contributed by atoms with Crippen LogP contribution in [-0.4, -0.2) is 18.2 Å². The third-order valence-corrected chi connectivity index (χ3v) is 5.56. The van der Waals surface area contributed by atoms with Gasteiger partial charge in [0.1, 0.15) is 5.82 Å². The Morgan fingerprint density at radius 3 is 2.23 bits per heavy atom. The van der Waals surface area contributed by atoms with E-state index in [4.69, 9.17) is 0 Å². The second-order valence-corrected chi connectivity index (χ2v) is 7.93. The van der Waals surface area contributed by atoms with E-state index in [-0.39, 0.29) is 4.90 Å². The second kappa shape index (κ2) is 6.92. The molecule has 0 saturated carbocycles. The Labute approximate surface area is 152 Å². The summed E-state index contributed by atoms with van der Waals surface area (Å²) in [6.07, 6.45) is 0. The van der Waals surface area contributed by atoms with Gasteiger partial charge in [-0.3, -0.25) is 9.40 Å². The maximum Gasteiger partial charge on any atom is 0.262 e. The minimum atomic E-state index is -3.81. The van der Waals surface area contributed by atoms with Gasteiger partial charge in [-0.05, 0) is 50.6 Å². The normalized spacial score (nSPS) is 11.5. The molecule has 0 aliphatic rings. The monoisotopic (exact) mass is 373 g/mol. The van der Waals surface area contributed by atoms with Gasteiger partial charge in [0.15, 0.2) is 0 Å². The lowest BCUT2D eigenvalue weighted by molar-refractivity contribution is 0.599. The zero-order chi connectivity index (χ0) is 18.9. The molecule has 0 atom stereocenters. The summed E-state index contributed by atoms with van der Waals surface area (Å²) in [6.45, 7) is 6.14. The van der Waals surface area contributed by atoms with Crippen molar-refractivity contribution in [2.75, 3.05) is 4.72 Å². The average molecular weight is 373 g/mol. The lowest BCUT2D eigenvalue weighted by atomic mass is 10.1. The number of nitrogens with one attached hydrogen (secondary N) is 1. The fraction of sp³-hybridized carbons (Fsp3) is 0.211. The average Bonchev–Trinajstić information content (AvgIpc) is 2.84. The number of hydrogen-bond donors (Lipinski definition) is 1. The summed E-state index contributed by atoms with van der Waals surface area (Å²) < 4.78 is 42.5. The summed E-state index contributed by atoms with van der Waals surface area (Å²) in [4.78, 5) is 0.00369. The second-order valence-electron chi connectivity index (χ2n) is 6.25. The van der Waals surface area contributed by atoms with E-state index in [0.29, 0.717) is 23.6 Å². The molecule has 0 aliphatic heterocycles. The van der Waals surface area contributed by atoms with Crippen molar-refractivity contribution < 1.29 is 12.8 Å². The van der Waals surface area contributed by atoms with Crippen molar-refractivity contribution in [1.82, 2.24) is 9.78 Å². The smallest absolute Gasteiger partial charge is 0.262 e. The Hall–Kier alpha value is -2.67. The number of aromatic nitrogens is 2. The molecule has 1 heterocycles. The fourth-order valence-corrected chi connectivity index (χ4v) is 3.85. The van der Waals surface area contributed by atoms with Crippen LogP contribution in [0.15, 0.2) is 53.4 Å². The summed E-state index contributed by atoms with van der Waals surface area (Å²) in [5, 5.41) is 4.45. The van der Waals surface area contributed by atoms with Crippen LogP contribution in [0.1, 0.15) is 22.5 Å². The van der Waals surface area contributed by atoms with Gasteiger partial charge in [0.25, 0.3) is 10.0 Å². The van der Waals surface area contributed by atoms with E-state index in [9.17, 15) is 12.8 Å². The molecule has 3 rings (SSSR count). The van der Waals surface area contributed by atoms with Gasteiger partial charge in [0.2, 0.25) is 0 Å². The third kappa shape index (κ3) is 3.77. The molecular weight excluding hydrogens is 353 g/mol. The molecule has 0 bridgehead atoms. The minimum Gasteiger partial charge on any atom is -0.276 e. The summed E-state index contributed by atoms with van der Waals surface area (Å²) in [7, 11) is -3.81. The van der Waals surface area contributed by atoms with Crippen molar-refractivity contribution in [2.45, 2.75) is 32.2 Å². The third-order valence-electron chi connectivity index (χ3n) is 4.19. The minimum absolute atomic E-state index is 0.00369. The van der Waals surface area contributed by atoms with Crippen LogP contribution in [0.4, 0.5) is 10.1 Å². The quantitative estimate of drug-likeness (QED) is 0.740. The highest BCUT2D eigenvalue weighted by Gasteiger charge is 2.20. The van der Waals surface area contributed by atoms with E-state index in [1.54, 1.807) is 11.6 Å². The summed E-state index contributed by atoms with van der Waals surface area (Å²) in [5.41, 5.74) is 4.00. The van der Waals surface area contributed by atoms with Crippen LogP contribution in [-0.2, 0) is 16.6 Å². The largest absolute Gasteiger partial charge is 0.276 e. The van der Waals surface area contributed by atoms with E-state index in [0.717, 1.165) is 17.7 Å². The predicted octanol–water partition coefficient (Wildman–Crippen LogP) is 3.80. The van der Waals surface area contributed by atoms with Crippen molar-refractivity contribution in [3.63, 3.8) is 0 Å². The Balaban J connectivity index is 1.88. The number of sulfonamides is 1. The highest BCUT2D eigenvalue weighted by atomic mass is 32.2. The first-order valence-corrected chi connectivity index (χ1v) is 9.62. The first kappa shape index (κ1) is 18.1. The molecule has 26 heavy (non-hydrogen) atoms. The first-order chi connectivity index (χ1) is 12.3. The summed E-state index contributed by atoms with van der Waals surface area (Å²) >= 11 is 0. The van der Waals surface area contributed by atoms with Crippen molar-refractivity contribution >= 4 is 15.7 Å². The lowest BCUT2D eigenvalue weighted by Gasteiger charge is -2.09. The maximum atomic E-state index is 13.0.